The van der Waals surface area contributed by atoms with Crippen LogP contribution >= 0.6 is 11.3 Å². The first-order valence-corrected chi connectivity index (χ1v) is 9.04. The molecule has 0 aliphatic rings. The first-order chi connectivity index (χ1) is 9.99. The summed E-state index contributed by atoms with van der Waals surface area (Å²) in [4.78, 5) is 4.39. The van der Waals surface area contributed by atoms with Gasteiger partial charge in [-0.1, -0.05) is 32.0 Å². The third-order valence-electron chi connectivity index (χ3n) is 2.86. The van der Waals surface area contributed by atoms with E-state index in [1.54, 1.807) is 18.3 Å². The standard InChI is InChI=1S/C14H19N3O2S2/c1-11(2)16-9-12-5-3-4-6-13(12)21(18,19)17-10-14-15-7-8-20-14/h3-8,11,16-17H,9-10H2,1-2H3. The summed E-state index contributed by atoms with van der Waals surface area (Å²) >= 11 is 1.43. The van der Waals surface area contributed by atoms with Crippen molar-refractivity contribution in [3.63, 3.8) is 0 Å². The van der Waals surface area contributed by atoms with Crippen LogP contribution in [-0.4, -0.2) is 19.4 Å². The molecule has 7 heteroatoms. The number of rotatable bonds is 7. The third-order valence-corrected chi connectivity index (χ3v) is 5.14. The van der Waals surface area contributed by atoms with Crippen LogP contribution in [0.5, 0.6) is 0 Å². The molecular weight excluding hydrogens is 306 g/mol. The quantitative estimate of drug-likeness (QED) is 0.818. The van der Waals surface area contributed by atoms with Crippen molar-refractivity contribution in [1.82, 2.24) is 15.0 Å². The largest absolute Gasteiger partial charge is 0.310 e. The Labute approximate surface area is 129 Å². The molecule has 1 aromatic heterocycles. The van der Waals surface area contributed by atoms with Crippen molar-refractivity contribution in [2.75, 3.05) is 0 Å². The lowest BCUT2D eigenvalue weighted by molar-refractivity contribution is 0.568. The van der Waals surface area contributed by atoms with Crippen molar-refractivity contribution >= 4 is 21.4 Å². The summed E-state index contributed by atoms with van der Waals surface area (Å²) in [5.74, 6) is 0. The Balaban J connectivity index is 2.15. The minimum atomic E-state index is -3.54. The average molecular weight is 325 g/mol. The number of thiazole rings is 1. The molecule has 0 fully saturated rings. The molecule has 0 bridgehead atoms. The first-order valence-electron chi connectivity index (χ1n) is 6.68. The highest BCUT2D eigenvalue weighted by molar-refractivity contribution is 7.89. The van der Waals surface area contributed by atoms with Crippen LogP contribution in [0.15, 0.2) is 40.7 Å². The number of hydrogen-bond donors (Lipinski definition) is 2. The van der Waals surface area contributed by atoms with Gasteiger partial charge in [0.05, 0.1) is 11.4 Å². The van der Waals surface area contributed by atoms with Crippen molar-refractivity contribution in [3.8, 4) is 0 Å². The molecule has 0 saturated carbocycles. The Morgan fingerprint density at radius 2 is 2.00 bits per heavy atom. The highest BCUT2D eigenvalue weighted by atomic mass is 32.2. The van der Waals surface area contributed by atoms with Gasteiger partial charge in [0, 0.05) is 24.2 Å². The fourth-order valence-corrected chi connectivity index (χ4v) is 3.67. The second kappa shape index (κ2) is 7.13. The normalized spacial score (nSPS) is 12.0. The van der Waals surface area contributed by atoms with Crippen molar-refractivity contribution in [3.05, 3.63) is 46.4 Å². The fourth-order valence-electron chi connectivity index (χ4n) is 1.80. The maximum atomic E-state index is 12.4. The zero-order valence-corrected chi connectivity index (χ0v) is 13.7. The molecule has 1 heterocycles. The van der Waals surface area contributed by atoms with Gasteiger partial charge in [-0.15, -0.1) is 11.3 Å². The predicted octanol–water partition coefficient (Wildman–Crippen LogP) is 2.12. The summed E-state index contributed by atoms with van der Waals surface area (Å²) in [5.41, 5.74) is 0.762. The molecule has 0 amide bonds. The summed E-state index contributed by atoms with van der Waals surface area (Å²) in [6.45, 7) is 4.79. The second-order valence-electron chi connectivity index (χ2n) is 4.89. The van der Waals surface area contributed by atoms with Gasteiger partial charge < -0.3 is 5.32 Å². The zero-order valence-electron chi connectivity index (χ0n) is 12.0. The lowest BCUT2D eigenvalue weighted by Gasteiger charge is -2.13. The van der Waals surface area contributed by atoms with Crippen LogP contribution in [0.2, 0.25) is 0 Å². The van der Waals surface area contributed by atoms with Crippen LogP contribution in [0.1, 0.15) is 24.4 Å². The van der Waals surface area contributed by atoms with E-state index in [0.717, 1.165) is 10.6 Å². The lowest BCUT2D eigenvalue weighted by Crippen LogP contribution is -2.27. The minimum absolute atomic E-state index is 0.214. The van der Waals surface area contributed by atoms with Crippen molar-refractivity contribution < 1.29 is 8.42 Å². The second-order valence-corrected chi connectivity index (χ2v) is 7.61. The van der Waals surface area contributed by atoms with Crippen LogP contribution < -0.4 is 10.0 Å². The molecule has 114 valence electrons. The van der Waals surface area contributed by atoms with Gasteiger partial charge in [-0.3, -0.25) is 0 Å². The molecule has 0 atom stereocenters. The molecule has 2 aromatic rings. The Morgan fingerprint density at radius 1 is 1.24 bits per heavy atom. The Bertz CT molecular complexity index is 667. The number of aromatic nitrogens is 1. The summed E-state index contributed by atoms with van der Waals surface area (Å²) in [5, 5.41) is 5.81. The molecule has 0 aliphatic carbocycles. The summed E-state index contributed by atoms with van der Waals surface area (Å²) in [6.07, 6.45) is 1.66. The number of benzene rings is 1. The van der Waals surface area contributed by atoms with Crippen LogP contribution in [0, 0.1) is 0 Å². The summed E-state index contributed by atoms with van der Waals surface area (Å²) < 4.78 is 27.5. The van der Waals surface area contributed by atoms with E-state index in [9.17, 15) is 8.42 Å². The molecule has 0 aliphatic heterocycles. The van der Waals surface area contributed by atoms with Gasteiger partial charge in [-0.2, -0.15) is 0 Å². The number of nitrogens with zero attached hydrogens (tertiary/aromatic N) is 1. The van der Waals surface area contributed by atoms with E-state index < -0.39 is 10.0 Å². The summed E-state index contributed by atoms with van der Waals surface area (Å²) in [6, 6.07) is 7.33. The van der Waals surface area contributed by atoms with Gasteiger partial charge in [-0.25, -0.2) is 18.1 Å². The maximum absolute atomic E-state index is 12.4. The highest BCUT2D eigenvalue weighted by Crippen LogP contribution is 2.16. The molecule has 2 rings (SSSR count). The molecule has 0 spiro atoms. The van der Waals surface area contributed by atoms with Crippen LogP contribution in [0.4, 0.5) is 0 Å². The van der Waals surface area contributed by atoms with E-state index in [0.29, 0.717) is 17.5 Å². The van der Waals surface area contributed by atoms with Gasteiger partial charge in [-0.05, 0) is 11.6 Å². The van der Waals surface area contributed by atoms with Crippen molar-refractivity contribution in [2.24, 2.45) is 0 Å². The van der Waals surface area contributed by atoms with E-state index in [4.69, 9.17) is 0 Å². The Hall–Kier alpha value is -1.28. The molecule has 0 saturated heterocycles. The average Bonchev–Trinajstić information content (AvgIpc) is 2.97. The monoisotopic (exact) mass is 325 g/mol. The van der Waals surface area contributed by atoms with E-state index in [2.05, 4.69) is 15.0 Å². The molecule has 2 N–H and O–H groups in total. The van der Waals surface area contributed by atoms with E-state index >= 15 is 0 Å². The molecule has 5 nitrogen and oxygen atoms in total. The molecule has 0 radical (unpaired) electrons. The topological polar surface area (TPSA) is 71.1 Å². The number of sulfonamides is 1. The number of hydrogen-bond acceptors (Lipinski definition) is 5. The van der Waals surface area contributed by atoms with Gasteiger partial charge in [0.1, 0.15) is 5.01 Å². The third kappa shape index (κ3) is 4.60. The van der Waals surface area contributed by atoms with Gasteiger partial charge in [0.25, 0.3) is 0 Å². The Kier molecular flexibility index (Phi) is 5.46. The highest BCUT2D eigenvalue weighted by Gasteiger charge is 2.18. The first kappa shape index (κ1) is 16.1. The molecule has 21 heavy (non-hydrogen) atoms. The maximum Gasteiger partial charge on any atom is 0.241 e. The minimum Gasteiger partial charge on any atom is -0.310 e. The van der Waals surface area contributed by atoms with Gasteiger partial charge >= 0.3 is 0 Å². The predicted molar refractivity (Wildman–Crippen MR) is 84.6 cm³/mol. The number of nitrogens with one attached hydrogen (secondary N) is 2. The zero-order chi connectivity index (χ0) is 15.3. The van der Waals surface area contributed by atoms with Crippen molar-refractivity contribution in [1.29, 1.82) is 0 Å². The summed E-state index contributed by atoms with van der Waals surface area (Å²) in [7, 11) is -3.54. The van der Waals surface area contributed by atoms with Crippen LogP contribution in [0.3, 0.4) is 0 Å². The molecule has 1 aromatic carbocycles. The molecular formula is C14H19N3O2S2. The SMILES string of the molecule is CC(C)NCc1ccccc1S(=O)(=O)NCc1nccs1. The van der Waals surface area contributed by atoms with E-state index in [1.165, 1.54) is 11.3 Å². The smallest absolute Gasteiger partial charge is 0.241 e. The Morgan fingerprint density at radius 3 is 2.67 bits per heavy atom. The lowest BCUT2D eigenvalue weighted by atomic mass is 10.2. The van der Waals surface area contributed by atoms with E-state index in [1.807, 2.05) is 31.4 Å². The van der Waals surface area contributed by atoms with Crippen LogP contribution in [-0.2, 0) is 23.1 Å². The van der Waals surface area contributed by atoms with E-state index in [-0.39, 0.29) is 6.54 Å². The van der Waals surface area contributed by atoms with Crippen molar-refractivity contribution in [2.45, 2.75) is 37.9 Å². The molecule has 0 unspecified atom stereocenters. The van der Waals surface area contributed by atoms with Gasteiger partial charge in [0.2, 0.25) is 10.0 Å². The fraction of sp³-hybridized carbons (Fsp3) is 0.357. The van der Waals surface area contributed by atoms with Crippen LogP contribution in [0.25, 0.3) is 0 Å². The van der Waals surface area contributed by atoms with Gasteiger partial charge in [0.15, 0.2) is 0 Å².